The number of amides is 1. The Kier molecular flexibility index (Phi) is 3.68. The number of aryl methyl sites for hydroxylation is 2. The van der Waals surface area contributed by atoms with Gasteiger partial charge in [-0.2, -0.15) is 0 Å². The van der Waals surface area contributed by atoms with E-state index in [1.165, 1.54) is 0 Å². The summed E-state index contributed by atoms with van der Waals surface area (Å²) in [5.41, 5.74) is 5.10. The van der Waals surface area contributed by atoms with E-state index in [9.17, 15) is 4.79 Å². The summed E-state index contributed by atoms with van der Waals surface area (Å²) < 4.78 is 5.26. The number of rotatable bonds is 3. The molecule has 0 aromatic heterocycles. The van der Waals surface area contributed by atoms with Gasteiger partial charge in [0.15, 0.2) is 0 Å². The number of ether oxygens (including phenoxy) is 1. The standard InChI is InChI=1S/C11H16N2O2/c1-7-4-8(2)11(15-3)9(5-7)6-10(14)13-12/h4-5H,6,12H2,1-3H3,(H,13,14). The Morgan fingerprint density at radius 1 is 1.47 bits per heavy atom. The molecular weight excluding hydrogens is 192 g/mol. The van der Waals surface area contributed by atoms with Crippen LogP contribution in [0.5, 0.6) is 5.75 Å². The van der Waals surface area contributed by atoms with E-state index in [1.807, 2.05) is 26.0 Å². The lowest BCUT2D eigenvalue weighted by molar-refractivity contribution is -0.120. The third-order valence-corrected chi connectivity index (χ3v) is 2.21. The summed E-state index contributed by atoms with van der Waals surface area (Å²) in [6.07, 6.45) is 0.238. The molecule has 1 rings (SSSR count). The number of nitrogens with two attached hydrogens (primary N) is 1. The van der Waals surface area contributed by atoms with E-state index in [2.05, 4.69) is 5.43 Å². The van der Waals surface area contributed by atoms with Crippen molar-refractivity contribution in [3.8, 4) is 5.75 Å². The van der Waals surface area contributed by atoms with Crippen molar-refractivity contribution in [3.05, 3.63) is 28.8 Å². The topological polar surface area (TPSA) is 64.3 Å². The van der Waals surface area contributed by atoms with Crippen LogP contribution >= 0.6 is 0 Å². The highest BCUT2D eigenvalue weighted by Gasteiger charge is 2.10. The number of hydrogen-bond acceptors (Lipinski definition) is 3. The predicted octanol–water partition coefficient (Wildman–Crippen LogP) is 0.844. The van der Waals surface area contributed by atoms with Gasteiger partial charge in [0.1, 0.15) is 5.75 Å². The van der Waals surface area contributed by atoms with Crippen molar-refractivity contribution in [2.75, 3.05) is 7.11 Å². The smallest absolute Gasteiger partial charge is 0.238 e. The zero-order valence-electron chi connectivity index (χ0n) is 9.26. The van der Waals surface area contributed by atoms with Crippen LogP contribution in [-0.4, -0.2) is 13.0 Å². The zero-order chi connectivity index (χ0) is 11.4. The largest absolute Gasteiger partial charge is 0.496 e. The van der Waals surface area contributed by atoms with E-state index in [0.29, 0.717) is 0 Å². The predicted molar refractivity (Wildman–Crippen MR) is 58.5 cm³/mol. The van der Waals surface area contributed by atoms with Crippen molar-refractivity contribution < 1.29 is 9.53 Å². The van der Waals surface area contributed by atoms with E-state index < -0.39 is 0 Å². The monoisotopic (exact) mass is 208 g/mol. The van der Waals surface area contributed by atoms with Crippen molar-refractivity contribution in [1.29, 1.82) is 0 Å². The van der Waals surface area contributed by atoms with E-state index in [-0.39, 0.29) is 12.3 Å². The van der Waals surface area contributed by atoms with Gasteiger partial charge in [-0.05, 0) is 19.4 Å². The first-order valence-corrected chi connectivity index (χ1v) is 4.72. The second kappa shape index (κ2) is 4.79. The van der Waals surface area contributed by atoms with Crippen LogP contribution in [0.3, 0.4) is 0 Å². The lowest BCUT2D eigenvalue weighted by Gasteiger charge is -2.12. The molecule has 0 aliphatic rings. The third kappa shape index (κ3) is 2.70. The van der Waals surface area contributed by atoms with Crippen LogP contribution in [0, 0.1) is 13.8 Å². The molecule has 0 fully saturated rings. The number of hydrazine groups is 1. The highest BCUT2D eigenvalue weighted by Crippen LogP contribution is 2.25. The van der Waals surface area contributed by atoms with Gasteiger partial charge in [-0.15, -0.1) is 0 Å². The van der Waals surface area contributed by atoms with Crippen molar-refractivity contribution in [3.63, 3.8) is 0 Å². The molecule has 0 unspecified atom stereocenters. The summed E-state index contributed by atoms with van der Waals surface area (Å²) in [5, 5.41) is 0. The summed E-state index contributed by atoms with van der Waals surface area (Å²) in [6.45, 7) is 3.94. The number of methoxy groups -OCH3 is 1. The van der Waals surface area contributed by atoms with E-state index in [1.54, 1.807) is 7.11 Å². The molecule has 0 atom stereocenters. The minimum absolute atomic E-state index is 0.224. The van der Waals surface area contributed by atoms with Crippen LogP contribution in [0.2, 0.25) is 0 Å². The van der Waals surface area contributed by atoms with Gasteiger partial charge in [-0.25, -0.2) is 5.84 Å². The molecule has 82 valence electrons. The van der Waals surface area contributed by atoms with Crippen molar-refractivity contribution in [2.45, 2.75) is 20.3 Å². The number of hydrogen-bond donors (Lipinski definition) is 2. The first kappa shape index (κ1) is 11.5. The third-order valence-electron chi connectivity index (χ3n) is 2.21. The van der Waals surface area contributed by atoms with Gasteiger partial charge < -0.3 is 4.74 Å². The molecule has 0 bridgehead atoms. The Labute approximate surface area is 89.4 Å². The van der Waals surface area contributed by atoms with Gasteiger partial charge in [0.25, 0.3) is 0 Å². The molecule has 0 aliphatic carbocycles. The average molecular weight is 208 g/mol. The van der Waals surface area contributed by atoms with Gasteiger partial charge in [0.2, 0.25) is 5.91 Å². The second-order valence-electron chi connectivity index (χ2n) is 3.52. The maximum absolute atomic E-state index is 11.2. The molecule has 0 saturated carbocycles. The fraction of sp³-hybridized carbons (Fsp3) is 0.364. The molecule has 3 N–H and O–H groups in total. The Morgan fingerprint density at radius 2 is 2.13 bits per heavy atom. The summed E-state index contributed by atoms with van der Waals surface area (Å²) in [5.74, 6) is 5.58. The molecule has 0 saturated heterocycles. The molecule has 0 spiro atoms. The van der Waals surface area contributed by atoms with E-state index in [4.69, 9.17) is 10.6 Å². The molecule has 0 aliphatic heterocycles. The maximum Gasteiger partial charge on any atom is 0.238 e. The lowest BCUT2D eigenvalue weighted by atomic mass is 10.0. The minimum atomic E-state index is -0.224. The number of nitrogens with one attached hydrogen (secondary N) is 1. The molecule has 4 heteroatoms. The fourth-order valence-corrected chi connectivity index (χ4v) is 1.69. The van der Waals surface area contributed by atoms with Crippen LogP contribution in [0.25, 0.3) is 0 Å². The van der Waals surface area contributed by atoms with Gasteiger partial charge in [0, 0.05) is 5.56 Å². The van der Waals surface area contributed by atoms with Crippen molar-refractivity contribution in [1.82, 2.24) is 5.43 Å². The molecule has 0 radical (unpaired) electrons. The summed E-state index contributed by atoms with van der Waals surface area (Å²) in [4.78, 5) is 11.2. The maximum atomic E-state index is 11.2. The van der Waals surface area contributed by atoms with Gasteiger partial charge in [-0.1, -0.05) is 17.7 Å². The first-order chi connectivity index (χ1) is 7.08. The Morgan fingerprint density at radius 3 is 2.67 bits per heavy atom. The summed E-state index contributed by atoms with van der Waals surface area (Å²) >= 11 is 0. The van der Waals surface area contributed by atoms with Gasteiger partial charge in [0.05, 0.1) is 13.5 Å². The van der Waals surface area contributed by atoms with E-state index in [0.717, 1.165) is 22.4 Å². The second-order valence-corrected chi connectivity index (χ2v) is 3.52. The van der Waals surface area contributed by atoms with Crippen LogP contribution in [-0.2, 0) is 11.2 Å². The summed E-state index contributed by atoms with van der Waals surface area (Å²) in [6, 6.07) is 3.95. The van der Waals surface area contributed by atoms with Crippen LogP contribution in [0.15, 0.2) is 12.1 Å². The highest BCUT2D eigenvalue weighted by atomic mass is 16.5. The molecule has 4 nitrogen and oxygen atoms in total. The van der Waals surface area contributed by atoms with Crippen molar-refractivity contribution in [2.24, 2.45) is 5.84 Å². The Hall–Kier alpha value is -1.55. The number of carbonyl (C=O) groups is 1. The lowest BCUT2D eigenvalue weighted by Crippen LogP contribution is -2.31. The van der Waals surface area contributed by atoms with Crippen LogP contribution in [0.1, 0.15) is 16.7 Å². The van der Waals surface area contributed by atoms with Gasteiger partial charge >= 0.3 is 0 Å². The number of carbonyl (C=O) groups excluding carboxylic acids is 1. The van der Waals surface area contributed by atoms with Gasteiger partial charge in [-0.3, -0.25) is 10.2 Å². The average Bonchev–Trinajstić information content (AvgIpc) is 2.17. The normalized spacial score (nSPS) is 9.87. The quantitative estimate of drug-likeness (QED) is 0.439. The molecule has 1 aromatic carbocycles. The highest BCUT2D eigenvalue weighted by molar-refractivity contribution is 5.79. The molecule has 15 heavy (non-hydrogen) atoms. The molecule has 0 heterocycles. The fourth-order valence-electron chi connectivity index (χ4n) is 1.69. The Balaban J connectivity index is 3.09. The minimum Gasteiger partial charge on any atom is -0.496 e. The first-order valence-electron chi connectivity index (χ1n) is 4.72. The molecule has 1 aromatic rings. The Bertz CT molecular complexity index is 375. The molecule has 1 amide bonds. The van der Waals surface area contributed by atoms with Crippen LogP contribution < -0.4 is 16.0 Å². The van der Waals surface area contributed by atoms with Crippen molar-refractivity contribution >= 4 is 5.91 Å². The summed E-state index contributed by atoms with van der Waals surface area (Å²) in [7, 11) is 1.60. The van der Waals surface area contributed by atoms with Crippen LogP contribution in [0.4, 0.5) is 0 Å². The SMILES string of the molecule is COc1c(C)cc(C)cc1CC(=O)NN. The number of benzene rings is 1. The zero-order valence-corrected chi connectivity index (χ0v) is 9.26. The molecular formula is C11H16N2O2. The van der Waals surface area contributed by atoms with E-state index >= 15 is 0 Å².